The summed E-state index contributed by atoms with van der Waals surface area (Å²) in [5.41, 5.74) is 1.57. The zero-order valence-electron chi connectivity index (χ0n) is 14.5. The number of carbonyl (C=O) groups is 2. The average molecular weight is 352 g/mol. The van der Waals surface area contributed by atoms with Gasteiger partial charge in [0.25, 0.3) is 5.91 Å². The van der Waals surface area contributed by atoms with Crippen LogP contribution in [-0.4, -0.2) is 29.8 Å². The van der Waals surface area contributed by atoms with E-state index in [9.17, 15) is 14.0 Å². The van der Waals surface area contributed by atoms with Crippen molar-refractivity contribution in [3.05, 3.63) is 71.6 Å². The summed E-state index contributed by atoms with van der Waals surface area (Å²) in [7, 11) is 0. The van der Waals surface area contributed by atoms with E-state index in [1.165, 1.54) is 24.3 Å². The quantitative estimate of drug-likeness (QED) is 0.842. The molecule has 4 nitrogen and oxygen atoms in total. The summed E-state index contributed by atoms with van der Waals surface area (Å²) in [5.74, 6) is -0.784. The van der Waals surface area contributed by atoms with Crippen LogP contribution in [0.5, 0.6) is 0 Å². The van der Waals surface area contributed by atoms with Crippen LogP contribution >= 0.6 is 0 Å². The molecule has 0 atom stereocenters. The first kappa shape index (κ1) is 17.9. The Hall–Kier alpha value is -2.95. The van der Waals surface area contributed by atoms with Gasteiger partial charge in [-0.25, -0.2) is 4.39 Å². The minimum Gasteiger partial charge on any atom is -0.339 e. The fourth-order valence-corrected chi connectivity index (χ4v) is 3.00. The molecule has 26 heavy (non-hydrogen) atoms. The van der Waals surface area contributed by atoms with Gasteiger partial charge < -0.3 is 10.2 Å². The Bertz CT molecular complexity index is 826. The monoisotopic (exact) mass is 352 g/mol. The lowest BCUT2D eigenvalue weighted by molar-refractivity contribution is -0.111. The molecule has 1 fully saturated rings. The minimum atomic E-state index is -0.367. The lowest BCUT2D eigenvalue weighted by Crippen LogP contribution is -2.36. The van der Waals surface area contributed by atoms with Gasteiger partial charge >= 0.3 is 0 Å². The number of halogens is 1. The van der Waals surface area contributed by atoms with E-state index in [0.717, 1.165) is 32.4 Å². The largest absolute Gasteiger partial charge is 0.339 e. The van der Waals surface area contributed by atoms with Crippen molar-refractivity contribution in [3.8, 4) is 0 Å². The van der Waals surface area contributed by atoms with Gasteiger partial charge in [0.05, 0.1) is 11.3 Å². The summed E-state index contributed by atoms with van der Waals surface area (Å²) in [4.78, 5) is 26.8. The fraction of sp³-hybridized carbons (Fsp3) is 0.238. The molecule has 0 unspecified atom stereocenters. The van der Waals surface area contributed by atoms with Crippen LogP contribution in [0.2, 0.25) is 0 Å². The van der Waals surface area contributed by atoms with E-state index in [2.05, 4.69) is 5.32 Å². The fourth-order valence-electron chi connectivity index (χ4n) is 3.00. The number of nitrogens with zero attached hydrogens (tertiary/aromatic N) is 1. The lowest BCUT2D eigenvalue weighted by Gasteiger charge is -2.27. The third-order valence-electron chi connectivity index (χ3n) is 4.33. The van der Waals surface area contributed by atoms with Crippen LogP contribution < -0.4 is 5.32 Å². The predicted octanol–water partition coefficient (Wildman–Crippen LogP) is 4.10. The van der Waals surface area contributed by atoms with Crippen LogP contribution in [0.4, 0.5) is 10.1 Å². The SMILES string of the molecule is O=C(/C=C/c1cccc(F)c1)Nc1ccccc1C(=O)N1CCCCC1. The Labute approximate surface area is 152 Å². The average Bonchev–Trinajstić information content (AvgIpc) is 2.67. The highest BCUT2D eigenvalue weighted by Crippen LogP contribution is 2.20. The van der Waals surface area contributed by atoms with E-state index in [-0.39, 0.29) is 17.6 Å². The molecule has 0 radical (unpaired) electrons. The van der Waals surface area contributed by atoms with Crippen molar-refractivity contribution in [3.63, 3.8) is 0 Å². The highest BCUT2D eigenvalue weighted by molar-refractivity contribution is 6.07. The van der Waals surface area contributed by atoms with Crippen molar-refractivity contribution in [2.45, 2.75) is 19.3 Å². The van der Waals surface area contributed by atoms with Crippen LogP contribution in [0.15, 0.2) is 54.6 Å². The number of likely N-dealkylation sites (tertiary alicyclic amines) is 1. The molecular weight excluding hydrogens is 331 g/mol. The maximum Gasteiger partial charge on any atom is 0.255 e. The van der Waals surface area contributed by atoms with Gasteiger partial charge in [-0.15, -0.1) is 0 Å². The van der Waals surface area contributed by atoms with Gasteiger partial charge in [-0.2, -0.15) is 0 Å². The molecular formula is C21H21FN2O2. The van der Waals surface area contributed by atoms with E-state index in [1.807, 2.05) is 4.90 Å². The molecule has 0 aliphatic carbocycles. The van der Waals surface area contributed by atoms with Crippen molar-refractivity contribution in [1.82, 2.24) is 4.90 Å². The third-order valence-corrected chi connectivity index (χ3v) is 4.33. The molecule has 2 amide bonds. The number of nitrogens with one attached hydrogen (secondary N) is 1. The molecule has 0 spiro atoms. The van der Waals surface area contributed by atoms with Crippen molar-refractivity contribution in [1.29, 1.82) is 0 Å². The number of benzene rings is 2. The lowest BCUT2D eigenvalue weighted by atomic mass is 10.1. The Balaban J connectivity index is 1.71. The number of piperidine rings is 1. The number of hydrogen-bond acceptors (Lipinski definition) is 2. The molecule has 0 saturated carbocycles. The predicted molar refractivity (Wildman–Crippen MR) is 100 cm³/mol. The van der Waals surface area contributed by atoms with Crippen molar-refractivity contribution >= 4 is 23.6 Å². The molecule has 2 aromatic rings. The number of carbonyl (C=O) groups excluding carboxylic acids is 2. The molecule has 1 saturated heterocycles. The zero-order chi connectivity index (χ0) is 18.4. The highest BCUT2D eigenvalue weighted by Gasteiger charge is 2.20. The van der Waals surface area contributed by atoms with Crippen LogP contribution in [0.1, 0.15) is 35.2 Å². The number of anilines is 1. The Kier molecular flexibility index (Phi) is 5.79. The van der Waals surface area contributed by atoms with Crippen LogP contribution in [0, 0.1) is 5.82 Å². The van der Waals surface area contributed by atoms with Gasteiger partial charge in [0, 0.05) is 19.2 Å². The molecule has 0 bridgehead atoms. The number of rotatable bonds is 4. The van der Waals surface area contributed by atoms with Gasteiger partial charge in [0.2, 0.25) is 5.91 Å². The van der Waals surface area contributed by atoms with Crippen LogP contribution in [-0.2, 0) is 4.79 Å². The maximum absolute atomic E-state index is 13.2. The molecule has 2 aromatic carbocycles. The minimum absolute atomic E-state index is 0.0605. The number of para-hydroxylation sites is 1. The standard InChI is InChI=1S/C21H21FN2O2/c22-17-8-6-7-16(15-17)11-12-20(25)23-19-10-3-2-9-18(19)21(26)24-13-4-1-5-14-24/h2-3,6-12,15H,1,4-5,13-14H2,(H,23,25)/b12-11+. The second-order valence-electron chi connectivity index (χ2n) is 6.28. The molecule has 1 N–H and O–H groups in total. The molecule has 1 aliphatic heterocycles. The Morgan fingerprint density at radius 2 is 1.77 bits per heavy atom. The highest BCUT2D eigenvalue weighted by atomic mass is 19.1. The van der Waals surface area contributed by atoms with Gasteiger partial charge in [-0.05, 0) is 55.2 Å². The van der Waals surface area contributed by atoms with Gasteiger partial charge in [-0.3, -0.25) is 9.59 Å². The first-order valence-electron chi connectivity index (χ1n) is 8.76. The van der Waals surface area contributed by atoms with E-state index in [4.69, 9.17) is 0 Å². The molecule has 1 heterocycles. The van der Waals surface area contributed by atoms with Crippen molar-refractivity contribution in [2.24, 2.45) is 0 Å². The Morgan fingerprint density at radius 1 is 1.00 bits per heavy atom. The van der Waals surface area contributed by atoms with Crippen LogP contribution in [0.25, 0.3) is 6.08 Å². The molecule has 1 aliphatic rings. The first-order chi connectivity index (χ1) is 12.6. The summed E-state index contributed by atoms with van der Waals surface area (Å²) in [6.07, 6.45) is 6.03. The summed E-state index contributed by atoms with van der Waals surface area (Å²) >= 11 is 0. The summed E-state index contributed by atoms with van der Waals surface area (Å²) in [6, 6.07) is 13.0. The van der Waals surface area contributed by atoms with Crippen LogP contribution in [0.3, 0.4) is 0 Å². The molecule has 0 aromatic heterocycles. The summed E-state index contributed by atoms with van der Waals surface area (Å²) in [5, 5.41) is 2.75. The van der Waals surface area contributed by atoms with Crippen molar-refractivity contribution in [2.75, 3.05) is 18.4 Å². The van der Waals surface area contributed by atoms with Gasteiger partial charge in [-0.1, -0.05) is 24.3 Å². The molecule has 3 rings (SSSR count). The molecule has 134 valence electrons. The van der Waals surface area contributed by atoms with E-state index < -0.39 is 0 Å². The Morgan fingerprint density at radius 3 is 2.54 bits per heavy atom. The molecule has 5 heteroatoms. The summed E-state index contributed by atoms with van der Waals surface area (Å²) < 4.78 is 13.2. The second-order valence-corrected chi connectivity index (χ2v) is 6.28. The summed E-state index contributed by atoms with van der Waals surface area (Å²) in [6.45, 7) is 1.50. The van der Waals surface area contributed by atoms with Gasteiger partial charge in [0.15, 0.2) is 0 Å². The zero-order valence-corrected chi connectivity index (χ0v) is 14.5. The first-order valence-corrected chi connectivity index (χ1v) is 8.76. The topological polar surface area (TPSA) is 49.4 Å². The maximum atomic E-state index is 13.2. The third kappa shape index (κ3) is 4.57. The number of hydrogen-bond donors (Lipinski definition) is 1. The van der Waals surface area contributed by atoms with Gasteiger partial charge in [0.1, 0.15) is 5.82 Å². The second kappa shape index (κ2) is 8.43. The number of amides is 2. The van der Waals surface area contributed by atoms with Crippen molar-refractivity contribution < 1.29 is 14.0 Å². The smallest absolute Gasteiger partial charge is 0.255 e. The van der Waals surface area contributed by atoms with E-state index in [0.29, 0.717) is 16.8 Å². The van der Waals surface area contributed by atoms with E-state index in [1.54, 1.807) is 36.4 Å². The normalized spacial score (nSPS) is 14.4. The van der Waals surface area contributed by atoms with E-state index >= 15 is 0 Å².